The number of hydrogen-bond donors (Lipinski definition) is 1. The van der Waals surface area contributed by atoms with Gasteiger partial charge in [0.25, 0.3) is 5.91 Å². The molecule has 4 rings (SSSR count). The van der Waals surface area contributed by atoms with Crippen molar-refractivity contribution in [2.45, 2.75) is 57.3 Å². The van der Waals surface area contributed by atoms with Crippen LogP contribution < -0.4 is 14.8 Å². The Morgan fingerprint density at radius 3 is 2.70 bits per heavy atom. The van der Waals surface area contributed by atoms with E-state index in [1.54, 1.807) is 19.2 Å². The first-order chi connectivity index (χ1) is 14.7. The lowest BCUT2D eigenvalue weighted by atomic mass is 9.84. The van der Waals surface area contributed by atoms with Crippen LogP contribution in [0, 0.1) is 11.3 Å². The summed E-state index contributed by atoms with van der Waals surface area (Å²) in [7, 11) is 1.56. The number of nitrogens with zero attached hydrogens (tertiary/aromatic N) is 2. The molecule has 156 valence electrons. The molecule has 0 spiro atoms. The molecule has 1 aromatic carbocycles. The van der Waals surface area contributed by atoms with Crippen LogP contribution in [0.3, 0.4) is 0 Å². The van der Waals surface area contributed by atoms with Gasteiger partial charge in [0.1, 0.15) is 17.4 Å². The molecular weight excluding hydrogens is 378 g/mol. The SMILES string of the molecule is COc1ccccc1NC(=O)COc1nc(C2CCCCC2)c2c(c1C#N)CCC2. The summed E-state index contributed by atoms with van der Waals surface area (Å²) in [5, 5.41) is 12.6. The van der Waals surface area contributed by atoms with Gasteiger partial charge in [-0.1, -0.05) is 31.4 Å². The van der Waals surface area contributed by atoms with Gasteiger partial charge >= 0.3 is 0 Å². The lowest BCUT2D eigenvalue weighted by Crippen LogP contribution is -2.22. The van der Waals surface area contributed by atoms with Crippen LogP contribution in [-0.4, -0.2) is 24.6 Å². The molecule has 1 heterocycles. The lowest BCUT2D eigenvalue weighted by molar-refractivity contribution is -0.118. The Hall–Kier alpha value is -3.07. The molecule has 0 bridgehead atoms. The highest BCUT2D eigenvalue weighted by Gasteiger charge is 2.29. The van der Waals surface area contributed by atoms with Crippen LogP contribution in [0.25, 0.3) is 0 Å². The highest BCUT2D eigenvalue weighted by molar-refractivity contribution is 5.93. The largest absolute Gasteiger partial charge is 0.495 e. The molecule has 6 heteroatoms. The van der Waals surface area contributed by atoms with E-state index < -0.39 is 0 Å². The first-order valence-electron chi connectivity index (χ1n) is 10.7. The zero-order chi connectivity index (χ0) is 20.9. The zero-order valence-electron chi connectivity index (χ0n) is 17.4. The van der Waals surface area contributed by atoms with Crippen molar-refractivity contribution >= 4 is 11.6 Å². The number of aromatic nitrogens is 1. The third-order valence-electron chi connectivity index (χ3n) is 6.09. The second kappa shape index (κ2) is 9.17. The Balaban J connectivity index is 1.54. The summed E-state index contributed by atoms with van der Waals surface area (Å²) in [5.41, 5.74) is 4.50. The second-order valence-corrected chi connectivity index (χ2v) is 7.97. The molecule has 0 aliphatic heterocycles. The van der Waals surface area contributed by atoms with Gasteiger partial charge in [0.05, 0.1) is 18.5 Å². The Labute approximate surface area is 177 Å². The summed E-state index contributed by atoms with van der Waals surface area (Å²) in [4.78, 5) is 17.3. The van der Waals surface area contributed by atoms with E-state index in [1.807, 2.05) is 12.1 Å². The number of carbonyl (C=O) groups is 1. The van der Waals surface area contributed by atoms with E-state index in [0.29, 0.717) is 28.8 Å². The van der Waals surface area contributed by atoms with Crippen LogP contribution in [0.4, 0.5) is 5.69 Å². The number of methoxy groups -OCH3 is 1. The number of carbonyl (C=O) groups excluding carboxylic acids is 1. The van der Waals surface area contributed by atoms with Gasteiger partial charge in [-0.05, 0) is 55.4 Å². The van der Waals surface area contributed by atoms with Crippen molar-refractivity contribution in [3.8, 4) is 17.7 Å². The molecule has 0 atom stereocenters. The van der Waals surface area contributed by atoms with Gasteiger partial charge in [-0.2, -0.15) is 5.26 Å². The number of ether oxygens (including phenoxy) is 2. The number of pyridine rings is 1. The second-order valence-electron chi connectivity index (χ2n) is 7.97. The Morgan fingerprint density at radius 2 is 1.93 bits per heavy atom. The van der Waals surface area contributed by atoms with E-state index in [4.69, 9.17) is 14.5 Å². The average Bonchev–Trinajstić information content (AvgIpc) is 3.27. The molecule has 2 aliphatic rings. The van der Waals surface area contributed by atoms with Gasteiger partial charge in [0.15, 0.2) is 6.61 Å². The summed E-state index contributed by atoms with van der Waals surface area (Å²) in [6.07, 6.45) is 8.90. The van der Waals surface area contributed by atoms with Gasteiger partial charge in [-0.25, -0.2) is 4.98 Å². The molecule has 1 aromatic heterocycles. The molecular formula is C24H27N3O3. The smallest absolute Gasteiger partial charge is 0.262 e. The minimum absolute atomic E-state index is 0.206. The number of para-hydroxylation sites is 2. The number of fused-ring (bicyclic) bond motifs is 1. The fraction of sp³-hybridized carbons (Fsp3) is 0.458. The maximum atomic E-state index is 12.5. The molecule has 6 nitrogen and oxygen atoms in total. The summed E-state index contributed by atoms with van der Waals surface area (Å²) in [6.45, 7) is -0.206. The molecule has 0 unspecified atom stereocenters. The Bertz CT molecular complexity index is 974. The Kier molecular flexibility index (Phi) is 6.18. The van der Waals surface area contributed by atoms with Crippen molar-refractivity contribution in [3.63, 3.8) is 0 Å². The third-order valence-corrected chi connectivity index (χ3v) is 6.09. The first-order valence-corrected chi connectivity index (χ1v) is 10.7. The Morgan fingerprint density at radius 1 is 1.17 bits per heavy atom. The van der Waals surface area contributed by atoms with Crippen molar-refractivity contribution < 1.29 is 14.3 Å². The van der Waals surface area contributed by atoms with Crippen LogP contribution in [-0.2, 0) is 17.6 Å². The quantitative estimate of drug-likeness (QED) is 0.764. The topological polar surface area (TPSA) is 84.2 Å². The van der Waals surface area contributed by atoms with Crippen LogP contribution in [0.1, 0.15) is 66.8 Å². The third kappa shape index (κ3) is 4.11. The van der Waals surface area contributed by atoms with E-state index in [-0.39, 0.29) is 12.5 Å². The highest BCUT2D eigenvalue weighted by atomic mass is 16.5. The van der Waals surface area contributed by atoms with Crippen molar-refractivity contribution in [2.75, 3.05) is 19.0 Å². The van der Waals surface area contributed by atoms with Crippen LogP contribution in [0.5, 0.6) is 11.6 Å². The van der Waals surface area contributed by atoms with Crippen LogP contribution >= 0.6 is 0 Å². The fourth-order valence-corrected chi connectivity index (χ4v) is 4.67. The summed E-state index contributed by atoms with van der Waals surface area (Å²) in [6, 6.07) is 9.49. The molecule has 1 fully saturated rings. The summed E-state index contributed by atoms with van der Waals surface area (Å²) in [5.74, 6) is 1.00. The molecule has 1 amide bonds. The fourth-order valence-electron chi connectivity index (χ4n) is 4.67. The molecule has 30 heavy (non-hydrogen) atoms. The van der Waals surface area contributed by atoms with Crippen molar-refractivity contribution in [3.05, 3.63) is 46.6 Å². The summed E-state index contributed by atoms with van der Waals surface area (Å²) >= 11 is 0. The van der Waals surface area contributed by atoms with E-state index in [0.717, 1.165) is 43.4 Å². The molecule has 0 saturated heterocycles. The van der Waals surface area contributed by atoms with Gasteiger partial charge in [-0.15, -0.1) is 0 Å². The van der Waals surface area contributed by atoms with Gasteiger partial charge in [-0.3, -0.25) is 4.79 Å². The van der Waals surface area contributed by atoms with Crippen LogP contribution in [0.15, 0.2) is 24.3 Å². The monoisotopic (exact) mass is 405 g/mol. The number of nitrogens with one attached hydrogen (secondary N) is 1. The summed E-state index contributed by atoms with van der Waals surface area (Å²) < 4.78 is 11.1. The van der Waals surface area contributed by atoms with Gasteiger partial charge < -0.3 is 14.8 Å². The minimum Gasteiger partial charge on any atom is -0.495 e. The number of anilines is 1. The maximum absolute atomic E-state index is 12.5. The van der Waals surface area contributed by atoms with Crippen molar-refractivity contribution in [1.82, 2.24) is 4.98 Å². The number of rotatable bonds is 6. The maximum Gasteiger partial charge on any atom is 0.262 e. The number of hydrogen-bond acceptors (Lipinski definition) is 5. The van der Waals surface area contributed by atoms with Crippen molar-refractivity contribution in [2.24, 2.45) is 0 Å². The predicted molar refractivity (Wildman–Crippen MR) is 114 cm³/mol. The standard InChI is InChI=1S/C24H27N3O3/c1-29-21-13-6-5-12-20(21)26-22(28)15-30-24-19(14-25)17-10-7-11-18(17)23(27-24)16-8-3-2-4-9-16/h5-6,12-13,16H,2-4,7-11,15H2,1H3,(H,26,28). The molecule has 1 N–H and O–H groups in total. The minimum atomic E-state index is -0.315. The lowest BCUT2D eigenvalue weighted by Gasteiger charge is -2.24. The molecule has 2 aliphatic carbocycles. The van der Waals surface area contributed by atoms with E-state index in [2.05, 4.69) is 11.4 Å². The van der Waals surface area contributed by atoms with Crippen molar-refractivity contribution in [1.29, 1.82) is 5.26 Å². The molecule has 2 aromatic rings. The first kappa shape index (κ1) is 20.2. The zero-order valence-corrected chi connectivity index (χ0v) is 17.4. The van der Waals surface area contributed by atoms with Crippen LogP contribution in [0.2, 0.25) is 0 Å². The van der Waals surface area contributed by atoms with E-state index >= 15 is 0 Å². The average molecular weight is 405 g/mol. The molecule has 0 radical (unpaired) electrons. The van der Waals surface area contributed by atoms with Gasteiger partial charge in [0.2, 0.25) is 5.88 Å². The highest BCUT2D eigenvalue weighted by Crippen LogP contribution is 2.40. The normalized spacial score (nSPS) is 15.9. The van der Waals surface area contributed by atoms with E-state index in [1.165, 1.54) is 24.8 Å². The number of nitriles is 1. The van der Waals surface area contributed by atoms with Gasteiger partial charge in [0, 0.05) is 5.92 Å². The number of benzene rings is 1. The predicted octanol–water partition coefficient (Wildman–Crippen LogP) is 4.52. The number of amides is 1. The molecule has 1 saturated carbocycles. The van der Waals surface area contributed by atoms with E-state index in [9.17, 15) is 10.1 Å².